The largest absolute Gasteiger partial charge is 0.399 e. The molecule has 0 amide bonds. The van der Waals surface area contributed by atoms with Crippen LogP contribution in [0.5, 0.6) is 0 Å². The highest BCUT2D eigenvalue weighted by atomic mass is 32.2. The number of benzene rings is 1. The minimum Gasteiger partial charge on any atom is -0.399 e. The molecule has 2 atom stereocenters. The van der Waals surface area contributed by atoms with Gasteiger partial charge in [-0.25, -0.2) is 13.6 Å². The average molecular weight is 283 g/mol. The number of nitrogens with two attached hydrogens (primary N) is 2. The number of nitrogen functional groups attached to an aromatic ring is 1. The highest BCUT2D eigenvalue weighted by Crippen LogP contribution is 2.28. The Labute approximate surface area is 114 Å². The van der Waals surface area contributed by atoms with E-state index in [-0.39, 0.29) is 4.90 Å². The van der Waals surface area contributed by atoms with Gasteiger partial charge in [0.2, 0.25) is 10.0 Å². The predicted octanol–water partition coefficient (Wildman–Crippen LogP) is 1.91. The highest BCUT2D eigenvalue weighted by Gasteiger charge is 2.21. The summed E-state index contributed by atoms with van der Waals surface area (Å²) >= 11 is 0. The van der Waals surface area contributed by atoms with Gasteiger partial charge in [0.15, 0.2) is 0 Å². The predicted molar refractivity (Wildman–Crippen MR) is 77.3 cm³/mol. The quantitative estimate of drug-likeness (QED) is 0.738. The second-order valence-electron chi connectivity index (χ2n) is 5.35. The SMILES string of the molecule is CC1CCCCC1Nc1cc(N)cc(S(N)(=O)=O)c1. The molecular formula is C13H21N3O2S. The molecular weight excluding hydrogens is 262 g/mol. The lowest BCUT2D eigenvalue weighted by molar-refractivity contribution is 0.349. The monoisotopic (exact) mass is 283 g/mol. The van der Waals surface area contributed by atoms with Crippen molar-refractivity contribution in [2.75, 3.05) is 11.1 Å². The molecule has 0 aromatic heterocycles. The van der Waals surface area contributed by atoms with Crippen LogP contribution in [0.1, 0.15) is 32.6 Å². The van der Waals surface area contributed by atoms with Gasteiger partial charge in [-0.15, -0.1) is 0 Å². The third-order valence-electron chi connectivity index (χ3n) is 3.72. The van der Waals surface area contributed by atoms with E-state index in [1.165, 1.54) is 25.3 Å². The molecule has 1 saturated carbocycles. The Balaban J connectivity index is 2.23. The van der Waals surface area contributed by atoms with Gasteiger partial charge in [0.1, 0.15) is 0 Å². The summed E-state index contributed by atoms with van der Waals surface area (Å²) < 4.78 is 22.8. The number of hydrogen-bond acceptors (Lipinski definition) is 4. The number of anilines is 2. The minimum atomic E-state index is -3.72. The topological polar surface area (TPSA) is 98.2 Å². The summed E-state index contributed by atoms with van der Waals surface area (Å²) in [6.07, 6.45) is 4.76. The summed E-state index contributed by atoms with van der Waals surface area (Å²) in [6.45, 7) is 2.21. The summed E-state index contributed by atoms with van der Waals surface area (Å²) in [5, 5.41) is 8.53. The van der Waals surface area contributed by atoms with Crippen molar-refractivity contribution < 1.29 is 8.42 Å². The Kier molecular flexibility index (Phi) is 4.01. The summed E-state index contributed by atoms with van der Waals surface area (Å²) in [4.78, 5) is 0.0541. The van der Waals surface area contributed by atoms with E-state index in [1.54, 1.807) is 12.1 Å². The third-order valence-corrected chi connectivity index (χ3v) is 4.61. The second-order valence-corrected chi connectivity index (χ2v) is 6.91. The average Bonchev–Trinajstić information content (AvgIpc) is 2.30. The normalized spacial score (nSPS) is 24.1. The van der Waals surface area contributed by atoms with Crippen LogP contribution in [-0.4, -0.2) is 14.5 Å². The van der Waals surface area contributed by atoms with Crippen molar-refractivity contribution in [1.82, 2.24) is 0 Å². The van der Waals surface area contributed by atoms with E-state index in [1.807, 2.05) is 0 Å². The Morgan fingerprint density at radius 3 is 2.53 bits per heavy atom. The van der Waals surface area contributed by atoms with Gasteiger partial charge in [-0.05, 0) is 37.0 Å². The van der Waals surface area contributed by atoms with Gasteiger partial charge < -0.3 is 11.1 Å². The Bertz CT molecular complexity index is 557. The highest BCUT2D eigenvalue weighted by molar-refractivity contribution is 7.89. The molecule has 0 heterocycles. The number of nitrogens with one attached hydrogen (secondary N) is 1. The molecule has 1 aliphatic rings. The molecule has 1 aromatic rings. The van der Waals surface area contributed by atoms with E-state index in [9.17, 15) is 8.42 Å². The Morgan fingerprint density at radius 2 is 1.89 bits per heavy atom. The van der Waals surface area contributed by atoms with Gasteiger partial charge in [0.25, 0.3) is 0 Å². The molecule has 106 valence electrons. The number of primary sulfonamides is 1. The Morgan fingerprint density at radius 1 is 1.21 bits per heavy atom. The first kappa shape index (κ1) is 14.1. The van der Waals surface area contributed by atoms with E-state index in [0.29, 0.717) is 17.6 Å². The zero-order valence-electron chi connectivity index (χ0n) is 11.1. The van der Waals surface area contributed by atoms with Crippen LogP contribution in [0.25, 0.3) is 0 Å². The fourth-order valence-electron chi connectivity index (χ4n) is 2.61. The van der Waals surface area contributed by atoms with Crippen molar-refractivity contribution in [2.45, 2.75) is 43.5 Å². The molecule has 19 heavy (non-hydrogen) atoms. The minimum absolute atomic E-state index is 0.0541. The maximum absolute atomic E-state index is 11.4. The van der Waals surface area contributed by atoms with E-state index in [0.717, 1.165) is 12.1 Å². The molecule has 1 fully saturated rings. The summed E-state index contributed by atoms with van der Waals surface area (Å²) in [5.41, 5.74) is 6.86. The van der Waals surface area contributed by atoms with Crippen molar-refractivity contribution in [3.8, 4) is 0 Å². The lowest BCUT2D eigenvalue weighted by Crippen LogP contribution is -2.30. The zero-order chi connectivity index (χ0) is 14.0. The van der Waals surface area contributed by atoms with Crippen LogP contribution < -0.4 is 16.2 Å². The van der Waals surface area contributed by atoms with Crippen LogP contribution in [0.2, 0.25) is 0 Å². The van der Waals surface area contributed by atoms with Gasteiger partial charge in [-0.1, -0.05) is 19.8 Å². The molecule has 0 spiro atoms. The first-order valence-electron chi connectivity index (χ1n) is 6.56. The summed E-state index contributed by atoms with van der Waals surface area (Å²) in [7, 11) is -3.72. The molecule has 0 aliphatic heterocycles. The van der Waals surface area contributed by atoms with Gasteiger partial charge >= 0.3 is 0 Å². The molecule has 1 aliphatic carbocycles. The molecule has 2 unspecified atom stereocenters. The van der Waals surface area contributed by atoms with Crippen molar-refractivity contribution >= 4 is 21.4 Å². The molecule has 5 nitrogen and oxygen atoms in total. The van der Waals surface area contributed by atoms with Gasteiger partial charge in [-0.2, -0.15) is 0 Å². The Hall–Kier alpha value is -1.27. The van der Waals surface area contributed by atoms with Crippen molar-refractivity contribution in [3.63, 3.8) is 0 Å². The number of hydrogen-bond donors (Lipinski definition) is 3. The molecule has 0 bridgehead atoms. The van der Waals surface area contributed by atoms with E-state index in [4.69, 9.17) is 10.9 Å². The summed E-state index contributed by atoms with van der Waals surface area (Å²) in [6, 6.07) is 5.04. The van der Waals surface area contributed by atoms with Crippen LogP contribution in [0.4, 0.5) is 11.4 Å². The smallest absolute Gasteiger partial charge is 0.238 e. The van der Waals surface area contributed by atoms with Gasteiger partial charge in [0.05, 0.1) is 4.90 Å². The molecule has 1 aromatic carbocycles. The van der Waals surface area contributed by atoms with Crippen molar-refractivity contribution in [3.05, 3.63) is 18.2 Å². The van der Waals surface area contributed by atoms with Crippen LogP contribution in [0.3, 0.4) is 0 Å². The van der Waals surface area contributed by atoms with Gasteiger partial charge in [-0.3, -0.25) is 0 Å². The van der Waals surface area contributed by atoms with Crippen LogP contribution in [0.15, 0.2) is 23.1 Å². The molecule has 0 saturated heterocycles. The molecule has 2 rings (SSSR count). The van der Waals surface area contributed by atoms with Crippen molar-refractivity contribution in [1.29, 1.82) is 0 Å². The molecule has 6 heteroatoms. The van der Waals surface area contributed by atoms with E-state index in [2.05, 4.69) is 12.2 Å². The maximum atomic E-state index is 11.4. The maximum Gasteiger partial charge on any atom is 0.238 e. The number of sulfonamides is 1. The molecule has 5 N–H and O–H groups in total. The first-order chi connectivity index (χ1) is 8.86. The second kappa shape index (κ2) is 5.38. The van der Waals surface area contributed by atoms with E-state index < -0.39 is 10.0 Å². The number of rotatable bonds is 3. The van der Waals surface area contributed by atoms with Crippen LogP contribution in [-0.2, 0) is 10.0 Å². The van der Waals surface area contributed by atoms with Crippen LogP contribution in [0, 0.1) is 5.92 Å². The lowest BCUT2D eigenvalue weighted by atomic mass is 9.86. The first-order valence-corrected chi connectivity index (χ1v) is 8.11. The van der Waals surface area contributed by atoms with Crippen molar-refractivity contribution in [2.24, 2.45) is 11.1 Å². The zero-order valence-corrected chi connectivity index (χ0v) is 11.9. The standard InChI is InChI=1S/C13H21N3O2S/c1-9-4-2-3-5-13(9)16-11-6-10(14)7-12(8-11)19(15,17)18/h6-9,13,16H,2-5,14H2,1H3,(H2,15,17,18). The lowest BCUT2D eigenvalue weighted by Gasteiger charge is -2.30. The fraction of sp³-hybridized carbons (Fsp3) is 0.538. The fourth-order valence-corrected chi connectivity index (χ4v) is 3.21. The van der Waals surface area contributed by atoms with Crippen LogP contribution >= 0.6 is 0 Å². The molecule has 0 radical (unpaired) electrons. The van der Waals surface area contributed by atoms with E-state index >= 15 is 0 Å². The summed E-state index contributed by atoms with van der Waals surface area (Å²) in [5.74, 6) is 0.577. The third kappa shape index (κ3) is 3.61. The van der Waals surface area contributed by atoms with Gasteiger partial charge in [0, 0.05) is 17.4 Å².